The van der Waals surface area contributed by atoms with Crippen LogP contribution in [0.2, 0.25) is 0 Å². The van der Waals surface area contributed by atoms with Crippen LogP contribution in [0.3, 0.4) is 0 Å². The van der Waals surface area contributed by atoms with Crippen molar-refractivity contribution in [1.82, 2.24) is 55.7 Å². The third kappa shape index (κ3) is 23.6. The molecule has 0 bridgehead atoms. The van der Waals surface area contributed by atoms with Crippen molar-refractivity contribution in [1.29, 1.82) is 0 Å². The summed E-state index contributed by atoms with van der Waals surface area (Å²) in [4.78, 5) is 171. The largest absolute Gasteiger partial charge is 0.417 e. The van der Waals surface area contributed by atoms with E-state index in [0.717, 1.165) is 26.1 Å². The van der Waals surface area contributed by atoms with Crippen LogP contribution in [-0.2, 0) is 59.1 Å². The number of nitrogens with zero attached hydrogens (tertiary/aromatic N) is 7. The first-order valence-electron chi connectivity index (χ1n) is 31.9. The molecule has 1 fully saturated rings. The fourth-order valence-electron chi connectivity index (χ4n) is 11.2. The Balaban J connectivity index is 2.94. The van der Waals surface area contributed by atoms with E-state index < -0.39 is 144 Å². The molecule has 24 heteroatoms. The summed E-state index contributed by atoms with van der Waals surface area (Å²) >= 11 is 0. The quantitative estimate of drug-likeness (QED) is 0.0983. The lowest BCUT2D eigenvalue weighted by Crippen LogP contribution is -2.63. The second-order valence-corrected chi connectivity index (χ2v) is 27.1. The number of hydrogen-bond acceptors (Lipinski definition) is 14. The maximum absolute atomic E-state index is 15.2. The molecule has 0 radical (unpaired) electrons. The Labute approximate surface area is 530 Å². The number of nitrogens with one attached hydrogen (secondary N) is 4. The van der Waals surface area contributed by atoms with E-state index in [1.807, 2.05) is 94.4 Å². The fraction of sp³-hybridized carbons (Fsp3) is 0.754. The Morgan fingerprint density at radius 1 is 0.539 bits per heavy atom. The van der Waals surface area contributed by atoms with Gasteiger partial charge in [-0.15, -0.1) is 0 Å². The highest BCUT2D eigenvalue weighted by molar-refractivity contribution is 5.99. The third-order valence-electron chi connectivity index (χ3n) is 16.4. The number of likely N-dealkylation sites (N-methyl/N-ethyl adjacent to an activating group) is 6. The molecule has 1 aromatic heterocycles. The number of carbonyl (C=O) groups excluding carboxylic acids is 11. The molecule has 1 aliphatic rings. The van der Waals surface area contributed by atoms with Gasteiger partial charge >= 0.3 is 12.1 Å². The average molecular weight is 1250 g/mol. The van der Waals surface area contributed by atoms with Crippen LogP contribution in [0.5, 0.6) is 0 Å². The number of hydrogen-bond donors (Lipinski definition) is 5. The van der Waals surface area contributed by atoms with Crippen LogP contribution in [0.25, 0.3) is 0 Å². The van der Waals surface area contributed by atoms with Crippen LogP contribution >= 0.6 is 0 Å². The molecule has 0 aromatic carbocycles. The van der Waals surface area contributed by atoms with Crippen molar-refractivity contribution in [2.24, 2.45) is 41.4 Å². The van der Waals surface area contributed by atoms with Crippen LogP contribution in [0.15, 0.2) is 18.2 Å². The van der Waals surface area contributed by atoms with Gasteiger partial charge in [0.05, 0.1) is 12.6 Å². The van der Waals surface area contributed by atoms with Gasteiger partial charge in [0.25, 0.3) is 0 Å². The number of aliphatic hydroxyl groups is 1. The van der Waals surface area contributed by atoms with E-state index in [1.165, 1.54) is 63.9 Å². The topological polar surface area (TPSA) is 298 Å². The maximum atomic E-state index is 15.2. The molecule has 504 valence electrons. The summed E-state index contributed by atoms with van der Waals surface area (Å²) in [5.41, 5.74) is 1.68. The Hall–Kier alpha value is -6.72. The van der Waals surface area contributed by atoms with E-state index in [1.54, 1.807) is 27.7 Å². The lowest BCUT2D eigenvalue weighted by Gasteiger charge is -2.40. The Bertz CT molecular complexity index is 2580. The standard InChI is InChI=1S/C65H111N11O13/c1-23-46-60(83)71(17)35-52(77)72(18)49(32-38(6)7)57(80)69-47(30-36(2)3)61(84)73(19)50(33-39(8)9)56(79)67-44(16)64(87)89-65(88)74(20)51(34-40(10)11)58(81)70-48(31-37(4)5)62(85)75(21)53(41(12)13)63(86)76(22)54(59(82)68-46)55(78)42(14)26-24-28-45-29-25-27-43(15)66-45/h25,27,29,36-42,44,46-51,53-55,78H,23-24,26,28,30-35H2,1-22H3,(H,67,79)(H,68,82)(H,69,80)(H,70,81)/t42-,44-,46-,47-,48-,49+,50-,51-,53?,54?,55-/m1/s1. The molecular formula is C65H111N11O13. The summed E-state index contributed by atoms with van der Waals surface area (Å²) in [5, 5.41) is 23.4. The van der Waals surface area contributed by atoms with Crippen LogP contribution in [0.1, 0.15) is 167 Å². The van der Waals surface area contributed by atoms with E-state index in [0.29, 0.717) is 19.3 Å². The van der Waals surface area contributed by atoms with E-state index in [4.69, 9.17) is 4.74 Å². The average Bonchev–Trinajstić information content (AvgIpc) is 1.07. The molecule has 1 aromatic rings. The Kier molecular flexibility index (Phi) is 31.9. The van der Waals surface area contributed by atoms with Crippen LogP contribution in [0.4, 0.5) is 4.79 Å². The molecule has 11 atom stereocenters. The number of amides is 10. The summed E-state index contributed by atoms with van der Waals surface area (Å²) in [6, 6.07) is -6.10. The van der Waals surface area contributed by atoms with Crippen molar-refractivity contribution in [3.63, 3.8) is 0 Å². The highest BCUT2D eigenvalue weighted by Crippen LogP contribution is 2.25. The number of rotatable bonds is 18. The SMILES string of the molecule is CC[C@H]1NC(=O)C([C@H](O)[C@H](C)CCCc2cccc(C)n2)N(C)C(=O)C(C(C)C)N(C)C(=O)[C@@H](CC(C)C)NC(=O)[C@@H](CC(C)C)N(C)C(=O)OC(=O)[C@@H](C)NC(=O)[C@@H](CC(C)C)N(C)C(=O)[C@@H](CC(C)C)NC(=O)[C@H](CC(C)C)N(C)C(=O)CN(C)C1=O. The molecule has 0 spiro atoms. The van der Waals surface area contributed by atoms with Crippen molar-refractivity contribution in [2.45, 2.75) is 229 Å². The highest BCUT2D eigenvalue weighted by Gasteiger charge is 2.45. The number of carbonyl (C=O) groups is 11. The molecule has 2 rings (SSSR count). The number of pyridine rings is 1. The van der Waals surface area contributed by atoms with Gasteiger partial charge in [0.2, 0.25) is 53.2 Å². The summed E-state index contributed by atoms with van der Waals surface area (Å²) in [5.74, 6) is -9.78. The zero-order valence-corrected chi connectivity index (χ0v) is 57.6. The Morgan fingerprint density at radius 3 is 1.44 bits per heavy atom. The minimum Gasteiger partial charge on any atom is -0.390 e. The van der Waals surface area contributed by atoms with Gasteiger partial charge in [0, 0.05) is 53.7 Å². The van der Waals surface area contributed by atoms with Crippen LogP contribution < -0.4 is 21.3 Å². The number of aromatic nitrogens is 1. The molecule has 10 amide bonds. The number of ether oxygens (including phenoxy) is 1. The van der Waals surface area contributed by atoms with Crippen molar-refractivity contribution in [3.05, 3.63) is 29.6 Å². The van der Waals surface area contributed by atoms with Crippen molar-refractivity contribution < 1.29 is 62.6 Å². The molecule has 24 nitrogen and oxygen atoms in total. The molecular weight excluding hydrogens is 1140 g/mol. The van der Waals surface area contributed by atoms with E-state index in [-0.39, 0.29) is 68.1 Å². The predicted octanol–water partition coefficient (Wildman–Crippen LogP) is 4.71. The van der Waals surface area contributed by atoms with Gasteiger partial charge in [-0.2, -0.15) is 0 Å². The normalized spacial score (nSPS) is 25.0. The molecule has 2 unspecified atom stereocenters. The lowest BCUT2D eigenvalue weighted by molar-refractivity contribution is -0.154. The fourth-order valence-corrected chi connectivity index (χ4v) is 11.2. The summed E-state index contributed by atoms with van der Waals surface area (Å²) in [7, 11) is 8.21. The van der Waals surface area contributed by atoms with Crippen molar-refractivity contribution in [2.75, 3.05) is 48.8 Å². The molecule has 2 heterocycles. The number of esters is 1. The van der Waals surface area contributed by atoms with Gasteiger partial charge in [0.15, 0.2) is 0 Å². The molecule has 5 N–H and O–H groups in total. The van der Waals surface area contributed by atoms with Gasteiger partial charge in [0.1, 0.15) is 54.4 Å². The monoisotopic (exact) mass is 1250 g/mol. The lowest BCUT2D eigenvalue weighted by atomic mass is 9.90. The third-order valence-corrected chi connectivity index (χ3v) is 16.4. The van der Waals surface area contributed by atoms with Gasteiger partial charge in [-0.1, -0.05) is 103 Å². The number of cyclic esters (lactones) is 2. The van der Waals surface area contributed by atoms with Crippen molar-refractivity contribution in [3.8, 4) is 0 Å². The van der Waals surface area contributed by atoms with Gasteiger partial charge in [-0.3, -0.25) is 53.0 Å². The summed E-state index contributed by atoms with van der Waals surface area (Å²) in [6.45, 7) is 27.8. The van der Waals surface area contributed by atoms with Gasteiger partial charge in [-0.05, 0) is 125 Å². The highest BCUT2D eigenvalue weighted by atomic mass is 16.6. The molecule has 1 aliphatic heterocycles. The first-order chi connectivity index (χ1) is 41.3. The predicted molar refractivity (Wildman–Crippen MR) is 340 cm³/mol. The maximum Gasteiger partial charge on any atom is 0.417 e. The number of aliphatic hydroxyl groups excluding tert-OH is 1. The first kappa shape index (κ1) is 78.4. The smallest absolute Gasteiger partial charge is 0.390 e. The van der Waals surface area contributed by atoms with Gasteiger partial charge in [-0.25, -0.2) is 9.59 Å². The molecule has 1 saturated heterocycles. The summed E-state index contributed by atoms with van der Waals surface area (Å²) < 4.78 is 5.30. The van der Waals surface area contributed by atoms with Crippen LogP contribution in [-0.4, -0.2) is 214 Å². The second-order valence-electron chi connectivity index (χ2n) is 27.1. The molecule has 0 aliphatic carbocycles. The van der Waals surface area contributed by atoms with Crippen molar-refractivity contribution >= 4 is 65.2 Å². The zero-order chi connectivity index (χ0) is 68.2. The summed E-state index contributed by atoms with van der Waals surface area (Å²) in [6.07, 6.45) is -0.740. The minimum absolute atomic E-state index is 0.0111. The first-order valence-corrected chi connectivity index (χ1v) is 31.9. The van der Waals surface area contributed by atoms with Crippen LogP contribution in [0, 0.1) is 48.3 Å². The molecule has 89 heavy (non-hydrogen) atoms. The van der Waals surface area contributed by atoms with E-state index >= 15 is 4.79 Å². The zero-order valence-electron chi connectivity index (χ0n) is 57.6. The van der Waals surface area contributed by atoms with E-state index in [2.05, 4.69) is 26.3 Å². The van der Waals surface area contributed by atoms with Gasteiger partial charge < -0.3 is 55.6 Å². The Morgan fingerprint density at radius 2 is 0.978 bits per heavy atom. The number of aryl methyl sites for hydroxylation is 2. The molecule has 0 saturated carbocycles. The minimum atomic E-state index is -1.64. The second kappa shape index (κ2) is 36.2. The van der Waals surface area contributed by atoms with E-state index in [9.17, 15) is 53.1 Å².